The van der Waals surface area contributed by atoms with Gasteiger partial charge >= 0.3 is 0 Å². The Balaban J connectivity index is 0.874. The van der Waals surface area contributed by atoms with Crippen molar-refractivity contribution >= 4 is 60.8 Å². The third kappa shape index (κ3) is 7.08. The third-order valence-corrected chi connectivity index (χ3v) is 13.7. The van der Waals surface area contributed by atoms with Crippen LogP contribution in [-0.2, 0) is 0 Å². The lowest BCUT2D eigenvalue weighted by Gasteiger charge is -2.30. The minimum Gasteiger partial charge on any atom is -0.456 e. The third-order valence-electron chi connectivity index (χ3n) is 13.7. The number of anilines is 3. The van der Waals surface area contributed by atoms with E-state index in [2.05, 4.69) is 270 Å². The van der Waals surface area contributed by atoms with E-state index in [0.29, 0.717) is 0 Å². The lowest BCUT2D eigenvalue weighted by atomic mass is 9.95. The summed E-state index contributed by atoms with van der Waals surface area (Å²) < 4.78 is 8.79. The van der Waals surface area contributed by atoms with Gasteiger partial charge in [-0.15, -0.1) is 0 Å². The van der Waals surface area contributed by atoms with E-state index in [1.165, 1.54) is 44.1 Å². The molecule has 0 radical (unpaired) electrons. The summed E-state index contributed by atoms with van der Waals surface area (Å²) in [5.74, 6) is 0. The van der Waals surface area contributed by atoms with Gasteiger partial charge in [0.25, 0.3) is 0 Å². The van der Waals surface area contributed by atoms with Crippen LogP contribution in [0.2, 0.25) is 0 Å². The standard InChI is InChI=1S/C66H44N2O/c1-2-15-45(16-3-1)46-33-35-51(36-34-46)54-17-4-9-23-60(54)67(63-26-12-7-20-57(63)58-22-14-28-65-66(58)59-21-8-13-27-64(59)69-65)52-41-37-49(38-42-52)47-29-31-48(32-30-47)50-39-43-53(44-40-50)68-61-24-10-5-18-55(61)56-19-6-11-25-62(56)68/h1-44H. The molecule has 2 heterocycles. The van der Waals surface area contributed by atoms with Crippen LogP contribution in [0.4, 0.5) is 17.1 Å². The highest BCUT2D eigenvalue weighted by Crippen LogP contribution is 2.47. The minimum absolute atomic E-state index is 0.876. The normalized spacial score (nSPS) is 11.5. The molecule has 3 nitrogen and oxygen atoms in total. The zero-order valence-corrected chi connectivity index (χ0v) is 37.7. The quantitative estimate of drug-likeness (QED) is 0.144. The minimum atomic E-state index is 0.876. The number of nitrogens with zero attached hydrogens (tertiary/aromatic N) is 2. The van der Waals surface area contributed by atoms with Crippen molar-refractivity contribution in [2.45, 2.75) is 0 Å². The molecule has 0 aliphatic carbocycles. The highest BCUT2D eigenvalue weighted by atomic mass is 16.3. The van der Waals surface area contributed by atoms with Crippen LogP contribution in [0.15, 0.2) is 271 Å². The summed E-state index contributed by atoms with van der Waals surface area (Å²) in [5, 5.41) is 4.76. The summed E-state index contributed by atoms with van der Waals surface area (Å²) in [6.45, 7) is 0. The Morgan fingerprint density at radius 1 is 0.275 bits per heavy atom. The first-order valence-corrected chi connectivity index (χ1v) is 23.6. The lowest BCUT2D eigenvalue weighted by Crippen LogP contribution is -2.12. The molecule has 0 aliphatic rings. The van der Waals surface area contributed by atoms with Crippen LogP contribution >= 0.6 is 0 Å². The van der Waals surface area contributed by atoms with Gasteiger partial charge in [0.1, 0.15) is 11.2 Å². The van der Waals surface area contributed by atoms with Crippen LogP contribution in [0.3, 0.4) is 0 Å². The number of furan rings is 1. The molecule has 13 rings (SSSR count). The molecule has 324 valence electrons. The number of aromatic nitrogens is 1. The molecular weight excluding hydrogens is 837 g/mol. The molecule has 0 atom stereocenters. The molecule has 0 N–H and O–H groups in total. The van der Waals surface area contributed by atoms with Crippen molar-refractivity contribution < 1.29 is 4.42 Å². The topological polar surface area (TPSA) is 21.3 Å². The Morgan fingerprint density at radius 2 is 0.696 bits per heavy atom. The van der Waals surface area contributed by atoms with Gasteiger partial charge in [0.15, 0.2) is 0 Å². The van der Waals surface area contributed by atoms with Gasteiger partial charge in [0, 0.05) is 44.0 Å². The molecule has 0 spiro atoms. The van der Waals surface area contributed by atoms with E-state index in [4.69, 9.17) is 4.42 Å². The van der Waals surface area contributed by atoms with Crippen molar-refractivity contribution in [3.8, 4) is 61.3 Å². The summed E-state index contributed by atoms with van der Waals surface area (Å²) in [7, 11) is 0. The molecule has 0 saturated heterocycles. The summed E-state index contributed by atoms with van der Waals surface area (Å²) in [6.07, 6.45) is 0. The van der Waals surface area contributed by atoms with Gasteiger partial charge in [-0.05, 0) is 105 Å². The van der Waals surface area contributed by atoms with E-state index >= 15 is 0 Å². The fourth-order valence-electron chi connectivity index (χ4n) is 10.4. The SMILES string of the molecule is c1ccc(-c2ccc(-c3ccccc3N(c3ccc(-c4ccc(-c5ccc(-n6c7ccccc7c7ccccc76)cc5)cc4)cc3)c3ccccc3-c3cccc4oc5ccccc5c34)cc2)cc1. The second kappa shape index (κ2) is 16.9. The molecule has 0 saturated carbocycles. The van der Waals surface area contributed by atoms with Gasteiger partial charge in [-0.25, -0.2) is 0 Å². The van der Waals surface area contributed by atoms with E-state index < -0.39 is 0 Å². The first-order valence-electron chi connectivity index (χ1n) is 23.6. The van der Waals surface area contributed by atoms with E-state index in [-0.39, 0.29) is 0 Å². The van der Waals surface area contributed by atoms with Crippen LogP contribution in [0, 0.1) is 0 Å². The highest BCUT2D eigenvalue weighted by molar-refractivity contribution is 6.14. The number of hydrogen-bond acceptors (Lipinski definition) is 2. The Labute approximate surface area is 401 Å². The van der Waals surface area contributed by atoms with Crippen molar-refractivity contribution in [3.05, 3.63) is 267 Å². The predicted octanol–water partition coefficient (Wildman–Crippen LogP) is 18.5. The number of benzene rings is 11. The van der Waals surface area contributed by atoms with Crippen LogP contribution < -0.4 is 4.90 Å². The zero-order valence-electron chi connectivity index (χ0n) is 37.7. The molecular formula is C66H44N2O. The molecule has 0 fully saturated rings. The number of rotatable bonds is 9. The van der Waals surface area contributed by atoms with E-state index in [0.717, 1.165) is 78.1 Å². The van der Waals surface area contributed by atoms with E-state index in [1.807, 2.05) is 6.07 Å². The smallest absolute Gasteiger partial charge is 0.136 e. The summed E-state index contributed by atoms with van der Waals surface area (Å²) in [6, 6.07) is 96.0. The Hall–Kier alpha value is -9.18. The zero-order chi connectivity index (χ0) is 45.7. The Morgan fingerprint density at radius 3 is 1.32 bits per heavy atom. The second-order valence-corrected chi connectivity index (χ2v) is 17.6. The van der Waals surface area contributed by atoms with Gasteiger partial charge in [-0.2, -0.15) is 0 Å². The molecule has 0 unspecified atom stereocenters. The number of fused-ring (bicyclic) bond motifs is 6. The van der Waals surface area contributed by atoms with Crippen LogP contribution in [0.25, 0.3) is 105 Å². The summed E-state index contributed by atoms with van der Waals surface area (Å²) in [5.41, 5.74) is 20.2. The lowest BCUT2D eigenvalue weighted by molar-refractivity contribution is 0.669. The largest absolute Gasteiger partial charge is 0.456 e. The number of para-hydroxylation sites is 5. The summed E-state index contributed by atoms with van der Waals surface area (Å²) in [4.78, 5) is 2.42. The molecule has 0 bridgehead atoms. The van der Waals surface area contributed by atoms with Crippen LogP contribution in [0.5, 0.6) is 0 Å². The van der Waals surface area contributed by atoms with Gasteiger partial charge in [-0.3, -0.25) is 0 Å². The van der Waals surface area contributed by atoms with E-state index in [9.17, 15) is 0 Å². The molecule has 0 amide bonds. The number of hydrogen-bond donors (Lipinski definition) is 0. The Kier molecular flexibility index (Phi) is 9.84. The molecule has 11 aromatic carbocycles. The average molecular weight is 881 g/mol. The van der Waals surface area contributed by atoms with Crippen LogP contribution in [0.1, 0.15) is 0 Å². The molecule has 69 heavy (non-hydrogen) atoms. The first-order chi connectivity index (χ1) is 34.2. The van der Waals surface area contributed by atoms with Gasteiger partial charge in [-0.1, -0.05) is 206 Å². The Bertz CT molecular complexity index is 3920. The highest BCUT2D eigenvalue weighted by Gasteiger charge is 2.23. The van der Waals surface area contributed by atoms with Crippen molar-refractivity contribution in [1.29, 1.82) is 0 Å². The monoisotopic (exact) mass is 880 g/mol. The maximum Gasteiger partial charge on any atom is 0.136 e. The van der Waals surface area contributed by atoms with E-state index in [1.54, 1.807) is 0 Å². The molecule has 13 aromatic rings. The first kappa shape index (κ1) is 40.1. The van der Waals surface area contributed by atoms with Crippen LogP contribution in [-0.4, -0.2) is 4.57 Å². The van der Waals surface area contributed by atoms with Crippen molar-refractivity contribution in [2.75, 3.05) is 4.90 Å². The molecule has 0 aliphatic heterocycles. The molecule has 2 aromatic heterocycles. The fraction of sp³-hybridized carbons (Fsp3) is 0. The molecule has 3 heteroatoms. The van der Waals surface area contributed by atoms with Gasteiger partial charge < -0.3 is 13.9 Å². The predicted molar refractivity (Wildman–Crippen MR) is 290 cm³/mol. The van der Waals surface area contributed by atoms with Gasteiger partial charge in [0.2, 0.25) is 0 Å². The maximum absolute atomic E-state index is 6.42. The van der Waals surface area contributed by atoms with Gasteiger partial charge in [0.05, 0.1) is 22.4 Å². The fourth-order valence-corrected chi connectivity index (χ4v) is 10.4. The van der Waals surface area contributed by atoms with Crippen molar-refractivity contribution in [1.82, 2.24) is 4.57 Å². The van der Waals surface area contributed by atoms with Crippen molar-refractivity contribution in [2.24, 2.45) is 0 Å². The van der Waals surface area contributed by atoms with Crippen molar-refractivity contribution in [3.63, 3.8) is 0 Å². The second-order valence-electron chi connectivity index (χ2n) is 17.6. The summed E-state index contributed by atoms with van der Waals surface area (Å²) >= 11 is 0. The average Bonchev–Trinajstić information content (AvgIpc) is 3.98. The maximum atomic E-state index is 6.42.